The summed E-state index contributed by atoms with van der Waals surface area (Å²) in [5, 5.41) is 46.5. The van der Waals surface area contributed by atoms with Gasteiger partial charge in [-0.25, -0.2) is 18.9 Å². The van der Waals surface area contributed by atoms with E-state index in [4.69, 9.17) is 37.9 Å². The van der Waals surface area contributed by atoms with E-state index in [0.717, 1.165) is 0 Å². The first-order chi connectivity index (χ1) is 20.2. The fourth-order valence-electron chi connectivity index (χ4n) is 3.30. The Bertz CT molecular complexity index is 1670. The van der Waals surface area contributed by atoms with E-state index in [-0.39, 0.29) is 68.1 Å². The van der Waals surface area contributed by atoms with Crippen LogP contribution in [0.4, 0.5) is 23.0 Å². The number of aromatic hydroxyl groups is 1. The van der Waals surface area contributed by atoms with Crippen LogP contribution in [0.5, 0.6) is 5.75 Å². The van der Waals surface area contributed by atoms with Gasteiger partial charge in [0.05, 0.1) is 39.9 Å². The summed E-state index contributed by atoms with van der Waals surface area (Å²) in [5.74, 6) is -0.608. The van der Waals surface area contributed by atoms with Crippen LogP contribution in [-0.4, -0.2) is 51.4 Å². The Labute approximate surface area is 254 Å². The molecular formula is C21H16Cl2N6O10S3. The molecule has 222 valence electrons. The second-order valence-electron chi connectivity index (χ2n) is 7.60. The van der Waals surface area contributed by atoms with E-state index in [0.29, 0.717) is 28.5 Å². The fraction of sp³-hybridized carbons (Fsp3) is 0.0952. The van der Waals surface area contributed by atoms with Gasteiger partial charge >= 0.3 is 0 Å². The number of halogens is 2. The van der Waals surface area contributed by atoms with Gasteiger partial charge in [-0.15, -0.1) is 13.8 Å². The molecule has 0 saturated carbocycles. The number of azo groups is 1. The van der Waals surface area contributed by atoms with Crippen molar-refractivity contribution in [3.63, 3.8) is 0 Å². The molecule has 0 bridgehead atoms. The molecule has 0 aliphatic rings. The fourth-order valence-corrected chi connectivity index (χ4v) is 5.57. The Kier molecular flexibility index (Phi) is 11.4. The summed E-state index contributed by atoms with van der Waals surface area (Å²) in [7, 11) is -3.71. The van der Waals surface area contributed by atoms with E-state index in [1.54, 1.807) is 24.3 Å². The first-order valence-electron chi connectivity index (χ1n) is 11.0. The first kappa shape index (κ1) is 32.0. The van der Waals surface area contributed by atoms with E-state index >= 15 is 0 Å². The number of aromatic nitrogens is 3. The third-order valence-electron chi connectivity index (χ3n) is 5.05. The predicted octanol–water partition coefficient (Wildman–Crippen LogP) is 6.40. The lowest BCUT2D eigenvalue weighted by Gasteiger charge is -2.11. The standard InChI is InChI=1S/C21H16Cl2N6O10S3/c22-19-25-20(23)27-21(26-19)24-13-2-1-11-9-16(40-38-36-31)17(18(30)15(11)10-13)29-28-12-3-5-14(6-4-12)42(33,34)8-7-35-41-39-37-32/h1-6,9-10,30-32H,7-8H2,(H,24,25,26,27). The van der Waals surface area contributed by atoms with E-state index in [9.17, 15) is 13.5 Å². The SMILES string of the molecule is O=S(=O)(CCOSOOO)c1ccc(N=Nc2c(SOOO)cc3ccc(Nc4nc(Cl)nc(Cl)n4)cc3c2O)cc1. The molecule has 0 aliphatic heterocycles. The predicted molar refractivity (Wildman–Crippen MR) is 150 cm³/mol. The van der Waals surface area contributed by atoms with Crippen molar-refractivity contribution in [2.45, 2.75) is 9.79 Å². The summed E-state index contributed by atoms with van der Waals surface area (Å²) in [5.41, 5.74) is 0.667. The number of nitrogens with zero attached hydrogens (tertiary/aromatic N) is 5. The highest BCUT2D eigenvalue weighted by molar-refractivity contribution is 7.94. The van der Waals surface area contributed by atoms with Crippen LogP contribution in [-0.2, 0) is 32.8 Å². The number of phenols is 1. The molecule has 0 atom stereocenters. The van der Waals surface area contributed by atoms with E-state index in [2.05, 4.69) is 49.2 Å². The van der Waals surface area contributed by atoms with Gasteiger partial charge < -0.3 is 10.4 Å². The molecule has 0 fully saturated rings. The van der Waals surface area contributed by atoms with Crippen LogP contribution in [0.2, 0.25) is 10.6 Å². The molecule has 4 N–H and O–H groups in total. The molecule has 0 aliphatic carbocycles. The number of fused-ring (bicyclic) bond motifs is 1. The molecule has 4 rings (SSSR count). The Balaban J connectivity index is 1.59. The van der Waals surface area contributed by atoms with Crippen molar-refractivity contribution in [1.82, 2.24) is 15.0 Å². The van der Waals surface area contributed by atoms with Crippen molar-refractivity contribution in [3.8, 4) is 5.75 Å². The number of anilines is 2. The topological polar surface area (TPSA) is 216 Å². The zero-order valence-electron chi connectivity index (χ0n) is 20.4. The van der Waals surface area contributed by atoms with Crippen LogP contribution in [0, 0.1) is 0 Å². The Hall–Kier alpha value is -2.92. The quantitative estimate of drug-likeness (QED) is 0.0373. The molecule has 1 aromatic heterocycles. The normalized spacial score (nSPS) is 11.9. The second kappa shape index (κ2) is 15.0. The smallest absolute Gasteiger partial charge is 0.232 e. The van der Waals surface area contributed by atoms with Crippen LogP contribution in [0.15, 0.2) is 68.6 Å². The van der Waals surface area contributed by atoms with Gasteiger partial charge in [0.1, 0.15) is 5.69 Å². The summed E-state index contributed by atoms with van der Waals surface area (Å²) >= 11 is 12.5. The maximum Gasteiger partial charge on any atom is 0.232 e. The summed E-state index contributed by atoms with van der Waals surface area (Å²) in [6, 6.07) is 12.0. The third-order valence-corrected chi connectivity index (χ3v) is 8.08. The number of hydrogen-bond acceptors (Lipinski definition) is 18. The first-order valence-corrected chi connectivity index (χ1v) is 14.8. The average Bonchev–Trinajstić information content (AvgIpc) is 2.95. The molecule has 3 aromatic carbocycles. The highest BCUT2D eigenvalue weighted by Gasteiger charge is 2.17. The maximum atomic E-state index is 12.5. The number of rotatable bonds is 14. The summed E-state index contributed by atoms with van der Waals surface area (Å²) < 4.78 is 38.3. The zero-order valence-corrected chi connectivity index (χ0v) is 24.4. The lowest BCUT2D eigenvalue weighted by molar-refractivity contribution is -0.434. The maximum absolute atomic E-state index is 12.5. The molecule has 0 unspecified atom stereocenters. The van der Waals surface area contributed by atoms with Crippen molar-refractivity contribution in [2.24, 2.45) is 10.2 Å². The Morgan fingerprint density at radius 1 is 0.929 bits per heavy atom. The van der Waals surface area contributed by atoms with Crippen LogP contribution in [0.1, 0.15) is 0 Å². The number of phenolic OH excluding ortho intramolecular Hbond substituents is 1. The van der Waals surface area contributed by atoms with E-state index < -0.39 is 9.84 Å². The largest absolute Gasteiger partial charge is 0.505 e. The lowest BCUT2D eigenvalue weighted by atomic mass is 10.1. The molecular weight excluding hydrogens is 663 g/mol. The van der Waals surface area contributed by atoms with Crippen LogP contribution < -0.4 is 5.32 Å². The molecule has 0 saturated heterocycles. The minimum absolute atomic E-state index is 0.00607. The van der Waals surface area contributed by atoms with Crippen molar-refractivity contribution in [3.05, 3.63) is 59.1 Å². The summed E-state index contributed by atoms with van der Waals surface area (Å²) in [4.78, 5) is 11.8. The third kappa shape index (κ3) is 8.56. The minimum Gasteiger partial charge on any atom is -0.505 e. The number of benzene rings is 3. The van der Waals surface area contributed by atoms with Gasteiger partial charge in [-0.05, 0) is 71.1 Å². The van der Waals surface area contributed by atoms with Crippen LogP contribution in [0.3, 0.4) is 0 Å². The van der Waals surface area contributed by atoms with Crippen molar-refractivity contribution in [2.75, 3.05) is 17.7 Å². The molecule has 0 radical (unpaired) electrons. The summed E-state index contributed by atoms with van der Waals surface area (Å²) in [6.07, 6.45) is 0. The average molecular weight is 679 g/mol. The van der Waals surface area contributed by atoms with Crippen LogP contribution >= 0.6 is 47.6 Å². The van der Waals surface area contributed by atoms with Gasteiger partial charge in [-0.1, -0.05) is 16.1 Å². The van der Waals surface area contributed by atoms with Crippen molar-refractivity contribution in [1.29, 1.82) is 0 Å². The highest BCUT2D eigenvalue weighted by Crippen LogP contribution is 2.44. The Morgan fingerprint density at radius 3 is 2.33 bits per heavy atom. The number of nitrogens with one attached hydrogen (secondary N) is 1. The second-order valence-corrected chi connectivity index (χ2v) is 11.6. The molecule has 4 aromatic rings. The molecule has 42 heavy (non-hydrogen) atoms. The van der Waals surface area contributed by atoms with Gasteiger partial charge in [-0.2, -0.15) is 20.1 Å². The Morgan fingerprint density at radius 2 is 1.64 bits per heavy atom. The van der Waals surface area contributed by atoms with Gasteiger partial charge in [0.25, 0.3) is 0 Å². The number of hydrogen-bond donors (Lipinski definition) is 4. The molecule has 0 amide bonds. The van der Waals surface area contributed by atoms with Gasteiger partial charge in [0, 0.05) is 11.1 Å². The molecule has 21 heteroatoms. The monoisotopic (exact) mass is 678 g/mol. The van der Waals surface area contributed by atoms with Gasteiger partial charge in [0.15, 0.2) is 27.9 Å². The molecule has 16 nitrogen and oxygen atoms in total. The zero-order chi connectivity index (χ0) is 30.1. The van der Waals surface area contributed by atoms with E-state index in [1.807, 2.05) is 0 Å². The summed E-state index contributed by atoms with van der Waals surface area (Å²) in [6.45, 7) is -0.243. The minimum atomic E-state index is -3.71. The van der Waals surface area contributed by atoms with Crippen molar-refractivity contribution < 1.29 is 47.0 Å². The molecule has 0 spiro atoms. The molecule has 1 heterocycles. The van der Waals surface area contributed by atoms with Crippen LogP contribution in [0.25, 0.3) is 10.8 Å². The van der Waals surface area contributed by atoms with Gasteiger partial charge in [0.2, 0.25) is 16.5 Å². The van der Waals surface area contributed by atoms with E-state index in [1.165, 1.54) is 24.3 Å². The number of sulfone groups is 1. The highest BCUT2D eigenvalue weighted by atomic mass is 35.5. The van der Waals surface area contributed by atoms with Gasteiger partial charge in [-0.3, -0.25) is 4.18 Å². The lowest BCUT2D eigenvalue weighted by Crippen LogP contribution is -2.10. The van der Waals surface area contributed by atoms with Crippen molar-refractivity contribution >= 4 is 91.2 Å².